The van der Waals surface area contributed by atoms with Gasteiger partial charge in [0.2, 0.25) is 0 Å². The van der Waals surface area contributed by atoms with Crippen LogP contribution in [0.25, 0.3) is 0 Å². The summed E-state index contributed by atoms with van der Waals surface area (Å²) in [5, 5.41) is 0.572. The highest BCUT2D eigenvalue weighted by Crippen LogP contribution is 2.30. The molecule has 5 heteroatoms. The van der Waals surface area contributed by atoms with Gasteiger partial charge in [-0.3, -0.25) is 0 Å². The van der Waals surface area contributed by atoms with Gasteiger partial charge in [-0.25, -0.2) is 9.97 Å². The lowest BCUT2D eigenvalue weighted by atomic mass is 10.2. The summed E-state index contributed by atoms with van der Waals surface area (Å²) in [5.74, 6) is 1.83. The van der Waals surface area contributed by atoms with Gasteiger partial charge >= 0.3 is 0 Å². The second-order valence-electron chi connectivity index (χ2n) is 4.49. The first-order valence-corrected chi connectivity index (χ1v) is 6.53. The molecule has 2 heterocycles. The molecule has 0 fully saturated rings. The van der Waals surface area contributed by atoms with E-state index in [1.165, 1.54) is 11.9 Å². The standard InChI is InChI=1S/C14H14ClN3O/c1-19-11-4-2-10(3-5-11)8-18-7-6-12-13(15)16-9-17-14(12)18/h2-5,9H,6-8H2,1H3. The minimum Gasteiger partial charge on any atom is -0.497 e. The Morgan fingerprint density at radius 2 is 2.05 bits per heavy atom. The Morgan fingerprint density at radius 3 is 2.79 bits per heavy atom. The summed E-state index contributed by atoms with van der Waals surface area (Å²) >= 11 is 6.08. The van der Waals surface area contributed by atoms with Crippen LogP contribution < -0.4 is 9.64 Å². The van der Waals surface area contributed by atoms with E-state index in [4.69, 9.17) is 16.3 Å². The summed E-state index contributed by atoms with van der Waals surface area (Å²) in [6, 6.07) is 8.08. The molecule has 0 spiro atoms. The quantitative estimate of drug-likeness (QED) is 0.808. The van der Waals surface area contributed by atoms with Crippen molar-refractivity contribution in [2.75, 3.05) is 18.6 Å². The maximum absolute atomic E-state index is 6.08. The number of fused-ring (bicyclic) bond motifs is 1. The van der Waals surface area contributed by atoms with Crippen molar-refractivity contribution in [3.8, 4) is 5.75 Å². The first-order valence-electron chi connectivity index (χ1n) is 6.15. The Bertz CT molecular complexity index is 586. The molecular weight excluding hydrogens is 262 g/mol. The van der Waals surface area contributed by atoms with Crippen molar-refractivity contribution in [3.63, 3.8) is 0 Å². The molecular formula is C14H14ClN3O. The summed E-state index contributed by atoms with van der Waals surface area (Å²) in [7, 11) is 1.67. The maximum atomic E-state index is 6.08. The molecule has 0 aliphatic carbocycles. The van der Waals surface area contributed by atoms with Crippen LogP contribution in [-0.4, -0.2) is 23.6 Å². The average molecular weight is 276 g/mol. The van der Waals surface area contributed by atoms with E-state index in [1.54, 1.807) is 7.11 Å². The lowest BCUT2D eigenvalue weighted by Gasteiger charge is -2.18. The van der Waals surface area contributed by atoms with Crippen LogP contribution in [-0.2, 0) is 13.0 Å². The Hall–Kier alpha value is -1.81. The van der Waals surface area contributed by atoms with E-state index in [1.807, 2.05) is 12.1 Å². The fourth-order valence-electron chi connectivity index (χ4n) is 2.33. The highest BCUT2D eigenvalue weighted by Gasteiger charge is 2.23. The van der Waals surface area contributed by atoms with E-state index >= 15 is 0 Å². The van der Waals surface area contributed by atoms with Gasteiger partial charge in [0.05, 0.1) is 7.11 Å². The number of nitrogens with zero attached hydrogens (tertiary/aromatic N) is 3. The monoisotopic (exact) mass is 275 g/mol. The number of halogens is 1. The molecule has 1 aliphatic heterocycles. The van der Waals surface area contributed by atoms with Crippen molar-refractivity contribution < 1.29 is 4.74 Å². The predicted molar refractivity (Wildman–Crippen MR) is 74.8 cm³/mol. The molecule has 2 aromatic rings. The highest BCUT2D eigenvalue weighted by atomic mass is 35.5. The fraction of sp³-hybridized carbons (Fsp3) is 0.286. The van der Waals surface area contributed by atoms with Gasteiger partial charge in [0.15, 0.2) is 0 Å². The van der Waals surface area contributed by atoms with Crippen LogP contribution in [0.15, 0.2) is 30.6 Å². The molecule has 1 aliphatic rings. The molecule has 98 valence electrons. The van der Waals surface area contributed by atoms with Crippen LogP contribution >= 0.6 is 11.6 Å². The molecule has 0 unspecified atom stereocenters. The highest BCUT2D eigenvalue weighted by molar-refractivity contribution is 6.30. The van der Waals surface area contributed by atoms with E-state index in [9.17, 15) is 0 Å². The minimum atomic E-state index is 0.572. The molecule has 0 N–H and O–H groups in total. The number of benzene rings is 1. The lowest BCUT2D eigenvalue weighted by molar-refractivity contribution is 0.414. The van der Waals surface area contributed by atoms with Crippen LogP contribution in [0.1, 0.15) is 11.1 Å². The van der Waals surface area contributed by atoms with Gasteiger partial charge in [0.1, 0.15) is 23.0 Å². The number of rotatable bonds is 3. The van der Waals surface area contributed by atoms with E-state index in [-0.39, 0.29) is 0 Å². The normalized spacial score (nSPS) is 13.5. The minimum absolute atomic E-state index is 0.572. The lowest BCUT2D eigenvalue weighted by Crippen LogP contribution is -2.20. The van der Waals surface area contributed by atoms with Crippen molar-refractivity contribution in [3.05, 3.63) is 46.9 Å². The van der Waals surface area contributed by atoms with Crippen LogP contribution in [0.3, 0.4) is 0 Å². The molecule has 0 amide bonds. The molecule has 0 saturated heterocycles. The summed E-state index contributed by atoms with van der Waals surface area (Å²) in [4.78, 5) is 10.6. The topological polar surface area (TPSA) is 38.2 Å². The largest absolute Gasteiger partial charge is 0.497 e. The smallest absolute Gasteiger partial charge is 0.137 e. The summed E-state index contributed by atoms with van der Waals surface area (Å²) in [6.45, 7) is 1.75. The summed E-state index contributed by atoms with van der Waals surface area (Å²) in [6.07, 6.45) is 2.43. The van der Waals surface area contributed by atoms with Crippen LogP contribution in [0.2, 0.25) is 5.15 Å². The van der Waals surface area contributed by atoms with E-state index < -0.39 is 0 Å². The molecule has 1 aromatic heterocycles. The van der Waals surface area contributed by atoms with Crippen molar-refractivity contribution in [2.24, 2.45) is 0 Å². The third kappa shape index (κ3) is 2.36. The van der Waals surface area contributed by atoms with Crippen LogP contribution in [0.4, 0.5) is 5.82 Å². The Morgan fingerprint density at radius 1 is 1.26 bits per heavy atom. The number of aromatic nitrogens is 2. The number of anilines is 1. The molecule has 0 saturated carbocycles. The van der Waals surface area contributed by atoms with Gasteiger partial charge < -0.3 is 9.64 Å². The zero-order chi connectivity index (χ0) is 13.2. The second kappa shape index (κ2) is 5.05. The van der Waals surface area contributed by atoms with Crippen molar-refractivity contribution in [2.45, 2.75) is 13.0 Å². The molecule has 19 heavy (non-hydrogen) atoms. The first-order chi connectivity index (χ1) is 9.28. The van der Waals surface area contributed by atoms with Gasteiger partial charge in [-0.2, -0.15) is 0 Å². The molecule has 0 radical (unpaired) electrons. The zero-order valence-corrected chi connectivity index (χ0v) is 11.4. The molecule has 3 rings (SSSR count). The van der Waals surface area contributed by atoms with Gasteiger partial charge in [0, 0.05) is 18.7 Å². The second-order valence-corrected chi connectivity index (χ2v) is 4.84. The molecule has 4 nitrogen and oxygen atoms in total. The van der Waals surface area contributed by atoms with E-state index in [0.717, 1.165) is 36.6 Å². The first kappa shape index (κ1) is 12.2. The zero-order valence-electron chi connectivity index (χ0n) is 10.6. The number of methoxy groups -OCH3 is 1. The van der Waals surface area contributed by atoms with Crippen LogP contribution in [0.5, 0.6) is 5.75 Å². The molecule has 1 aromatic carbocycles. The van der Waals surface area contributed by atoms with Crippen molar-refractivity contribution in [1.82, 2.24) is 9.97 Å². The number of ether oxygens (including phenoxy) is 1. The average Bonchev–Trinajstić information content (AvgIpc) is 2.84. The fourth-order valence-corrected chi connectivity index (χ4v) is 2.55. The van der Waals surface area contributed by atoms with Crippen molar-refractivity contribution in [1.29, 1.82) is 0 Å². The van der Waals surface area contributed by atoms with Crippen molar-refractivity contribution >= 4 is 17.4 Å². The number of hydrogen-bond acceptors (Lipinski definition) is 4. The van der Waals surface area contributed by atoms with Gasteiger partial charge in [-0.15, -0.1) is 0 Å². The van der Waals surface area contributed by atoms with Gasteiger partial charge in [-0.05, 0) is 24.1 Å². The van der Waals surface area contributed by atoms with E-state index in [0.29, 0.717) is 5.15 Å². The van der Waals surface area contributed by atoms with Gasteiger partial charge in [-0.1, -0.05) is 23.7 Å². The SMILES string of the molecule is COc1ccc(CN2CCc3c(Cl)ncnc32)cc1. The molecule has 0 bridgehead atoms. The maximum Gasteiger partial charge on any atom is 0.137 e. The summed E-state index contributed by atoms with van der Waals surface area (Å²) < 4.78 is 5.16. The van der Waals surface area contributed by atoms with Crippen LogP contribution in [0, 0.1) is 0 Å². The Balaban J connectivity index is 1.80. The predicted octanol–water partition coefficient (Wildman–Crippen LogP) is 2.70. The number of hydrogen-bond donors (Lipinski definition) is 0. The Labute approximate surface area is 117 Å². The van der Waals surface area contributed by atoms with Gasteiger partial charge in [0.25, 0.3) is 0 Å². The molecule has 0 atom stereocenters. The third-order valence-corrected chi connectivity index (χ3v) is 3.66. The third-order valence-electron chi connectivity index (χ3n) is 3.33. The van der Waals surface area contributed by atoms with E-state index in [2.05, 4.69) is 27.0 Å². The Kier molecular flexibility index (Phi) is 3.25. The summed E-state index contributed by atoms with van der Waals surface area (Å²) in [5.41, 5.74) is 2.28.